The smallest absolute Gasteiger partial charge is 0.229 e. The fourth-order valence-corrected chi connectivity index (χ4v) is 3.91. The molecule has 0 atom stereocenters. The molecule has 154 valence electrons. The second-order valence-electron chi connectivity index (χ2n) is 6.89. The van der Waals surface area contributed by atoms with Gasteiger partial charge in [0.1, 0.15) is 5.02 Å². The van der Waals surface area contributed by atoms with Crippen molar-refractivity contribution >= 4 is 50.5 Å². The van der Waals surface area contributed by atoms with Crippen LogP contribution in [0.1, 0.15) is 11.1 Å². The first-order valence-electron chi connectivity index (χ1n) is 9.03. The largest absolute Gasteiger partial charge is 0.365 e. The molecule has 0 unspecified atom stereocenters. The van der Waals surface area contributed by atoms with Crippen molar-refractivity contribution < 1.29 is 13.2 Å². The van der Waals surface area contributed by atoms with Crippen LogP contribution in [0, 0.1) is 0 Å². The van der Waals surface area contributed by atoms with Crippen LogP contribution in [0.25, 0.3) is 0 Å². The van der Waals surface area contributed by atoms with Crippen LogP contribution < -0.4 is 16.0 Å². The zero-order valence-electron chi connectivity index (χ0n) is 15.9. The van der Waals surface area contributed by atoms with Crippen LogP contribution in [0.3, 0.4) is 0 Å². The van der Waals surface area contributed by atoms with Gasteiger partial charge in [-0.25, -0.2) is 13.4 Å². The van der Waals surface area contributed by atoms with Gasteiger partial charge in [-0.15, -0.1) is 0 Å². The molecule has 0 bridgehead atoms. The van der Waals surface area contributed by atoms with Crippen LogP contribution in [0.15, 0.2) is 53.6 Å². The Hall–Kier alpha value is -3.17. The normalized spacial score (nSPS) is 12.9. The van der Waals surface area contributed by atoms with Crippen molar-refractivity contribution in [1.29, 1.82) is 0 Å². The third-order valence-corrected chi connectivity index (χ3v) is 5.90. The van der Waals surface area contributed by atoms with E-state index in [1.807, 2.05) is 24.3 Å². The number of nitrogens with zero attached hydrogens (tertiary/aromatic N) is 2. The standard InChI is InChI=1S/C20H18ClN5O3S/c1-30(28,29)15-4-2-3-12(7-15)10-22-19-16(21)11-23-20(26-19)24-14-5-6-17-13(8-14)9-18(27)25-17/h2-8,11H,9-10H2,1H3,(H,25,27)(H2,22,23,24,26). The molecule has 4 rings (SSSR count). The lowest BCUT2D eigenvalue weighted by atomic mass is 10.1. The monoisotopic (exact) mass is 443 g/mol. The zero-order valence-corrected chi connectivity index (χ0v) is 17.5. The summed E-state index contributed by atoms with van der Waals surface area (Å²) in [7, 11) is -3.28. The molecule has 0 spiro atoms. The number of carbonyl (C=O) groups excluding carboxylic acids is 1. The molecule has 30 heavy (non-hydrogen) atoms. The average molecular weight is 444 g/mol. The molecule has 1 aromatic heterocycles. The molecule has 0 radical (unpaired) electrons. The summed E-state index contributed by atoms with van der Waals surface area (Å²) in [6.45, 7) is 0.339. The molecule has 0 saturated heterocycles. The van der Waals surface area contributed by atoms with Gasteiger partial charge in [0.2, 0.25) is 11.9 Å². The van der Waals surface area contributed by atoms with Crippen molar-refractivity contribution in [1.82, 2.24) is 9.97 Å². The Balaban J connectivity index is 1.49. The lowest BCUT2D eigenvalue weighted by molar-refractivity contribution is -0.115. The second-order valence-corrected chi connectivity index (χ2v) is 9.31. The molecular formula is C20H18ClN5O3S. The van der Waals surface area contributed by atoms with E-state index in [2.05, 4.69) is 25.9 Å². The Morgan fingerprint density at radius 2 is 2.03 bits per heavy atom. The summed E-state index contributed by atoms with van der Waals surface area (Å²) in [6.07, 6.45) is 2.99. The predicted octanol–water partition coefficient (Wildman–Crippen LogP) is 3.38. The maximum Gasteiger partial charge on any atom is 0.229 e. The molecule has 3 aromatic rings. The summed E-state index contributed by atoms with van der Waals surface area (Å²) in [5.41, 5.74) is 3.24. The second kappa shape index (κ2) is 7.92. The van der Waals surface area contributed by atoms with Gasteiger partial charge in [-0.3, -0.25) is 4.79 Å². The number of aromatic nitrogens is 2. The van der Waals surface area contributed by atoms with Gasteiger partial charge < -0.3 is 16.0 Å². The van der Waals surface area contributed by atoms with Gasteiger partial charge in [-0.05, 0) is 41.5 Å². The number of benzene rings is 2. The van der Waals surface area contributed by atoms with Crippen molar-refractivity contribution in [3.8, 4) is 0 Å². The molecule has 1 amide bonds. The van der Waals surface area contributed by atoms with Gasteiger partial charge in [-0.1, -0.05) is 23.7 Å². The van der Waals surface area contributed by atoms with Crippen LogP contribution in [0.4, 0.5) is 23.1 Å². The van der Waals surface area contributed by atoms with Gasteiger partial charge in [0.05, 0.1) is 17.5 Å². The summed E-state index contributed by atoms with van der Waals surface area (Å²) in [5.74, 6) is 0.720. The number of sulfone groups is 1. The number of rotatable bonds is 6. The third-order valence-electron chi connectivity index (χ3n) is 4.52. The Morgan fingerprint density at radius 3 is 2.83 bits per heavy atom. The molecule has 10 heteroatoms. The summed E-state index contributed by atoms with van der Waals surface area (Å²) in [6, 6.07) is 12.2. The Morgan fingerprint density at radius 1 is 1.20 bits per heavy atom. The number of amides is 1. The van der Waals surface area contributed by atoms with E-state index >= 15 is 0 Å². The Kier molecular flexibility index (Phi) is 5.31. The molecule has 2 aromatic carbocycles. The van der Waals surface area contributed by atoms with Crippen LogP contribution in [-0.4, -0.2) is 30.5 Å². The summed E-state index contributed by atoms with van der Waals surface area (Å²) >= 11 is 6.21. The molecule has 2 heterocycles. The topological polar surface area (TPSA) is 113 Å². The minimum Gasteiger partial charge on any atom is -0.365 e. The highest BCUT2D eigenvalue weighted by Crippen LogP contribution is 2.28. The van der Waals surface area contributed by atoms with Crippen LogP contribution in [0.5, 0.6) is 0 Å². The van der Waals surface area contributed by atoms with Gasteiger partial charge >= 0.3 is 0 Å². The molecule has 3 N–H and O–H groups in total. The number of halogens is 1. The first-order valence-corrected chi connectivity index (χ1v) is 11.3. The van der Waals surface area contributed by atoms with E-state index in [0.29, 0.717) is 29.8 Å². The Labute approximate surface area is 178 Å². The summed E-state index contributed by atoms with van der Waals surface area (Å²) in [5, 5.41) is 9.34. The molecule has 1 aliphatic rings. The minimum atomic E-state index is -3.28. The van der Waals surface area contributed by atoms with Gasteiger partial charge in [0.25, 0.3) is 0 Å². The van der Waals surface area contributed by atoms with Gasteiger partial charge in [0, 0.05) is 24.2 Å². The molecule has 0 fully saturated rings. The first-order chi connectivity index (χ1) is 14.3. The van der Waals surface area contributed by atoms with E-state index < -0.39 is 9.84 Å². The predicted molar refractivity (Wildman–Crippen MR) is 116 cm³/mol. The van der Waals surface area contributed by atoms with Crippen LogP contribution >= 0.6 is 11.6 Å². The first kappa shape index (κ1) is 20.1. The number of nitrogens with one attached hydrogen (secondary N) is 3. The minimum absolute atomic E-state index is 0.0312. The maximum absolute atomic E-state index is 11.7. The van der Waals surface area contributed by atoms with E-state index in [9.17, 15) is 13.2 Å². The lowest BCUT2D eigenvalue weighted by Crippen LogP contribution is -2.06. The van der Waals surface area contributed by atoms with Gasteiger partial charge in [-0.2, -0.15) is 4.98 Å². The quantitative estimate of drug-likeness (QED) is 0.535. The Bertz CT molecular complexity index is 1250. The number of anilines is 4. The van der Waals surface area contributed by atoms with Crippen molar-refractivity contribution in [2.75, 3.05) is 22.2 Å². The SMILES string of the molecule is CS(=O)(=O)c1cccc(CNc2nc(Nc3ccc4c(c3)CC(=O)N4)ncc2Cl)c1. The van der Waals surface area contributed by atoms with Gasteiger partial charge in [0.15, 0.2) is 15.7 Å². The van der Waals surface area contributed by atoms with E-state index in [4.69, 9.17) is 11.6 Å². The van der Waals surface area contributed by atoms with E-state index in [1.165, 1.54) is 12.5 Å². The molecule has 1 aliphatic heterocycles. The van der Waals surface area contributed by atoms with Crippen LogP contribution in [0.2, 0.25) is 5.02 Å². The number of carbonyl (C=O) groups is 1. The molecule has 8 nitrogen and oxygen atoms in total. The van der Waals surface area contributed by atoms with E-state index in [0.717, 1.165) is 22.5 Å². The highest BCUT2D eigenvalue weighted by atomic mass is 35.5. The summed E-state index contributed by atoms with van der Waals surface area (Å²) in [4.78, 5) is 20.3. The molecule has 0 saturated carbocycles. The van der Waals surface area contributed by atoms with Crippen molar-refractivity contribution in [3.63, 3.8) is 0 Å². The zero-order chi connectivity index (χ0) is 21.3. The van der Waals surface area contributed by atoms with Crippen molar-refractivity contribution in [3.05, 3.63) is 64.8 Å². The highest BCUT2D eigenvalue weighted by Gasteiger charge is 2.17. The third kappa shape index (κ3) is 4.52. The fourth-order valence-electron chi connectivity index (χ4n) is 3.06. The summed E-state index contributed by atoms with van der Waals surface area (Å²) < 4.78 is 23.5. The highest BCUT2D eigenvalue weighted by molar-refractivity contribution is 7.90. The van der Waals surface area contributed by atoms with Crippen LogP contribution in [-0.2, 0) is 27.6 Å². The van der Waals surface area contributed by atoms with Crippen molar-refractivity contribution in [2.24, 2.45) is 0 Å². The number of fused-ring (bicyclic) bond motifs is 1. The lowest BCUT2D eigenvalue weighted by Gasteiger charge is -2.11. The molecule has 0 aliphatic carbocycles. The maximum atomic E-state index is 11.7. The fraction of sp³-hybridized carbons (Fsp3) is 0.150. The van der Waals surface area contributed by atoms with Crippen molar-refractivity contribution in [2.45, 2.75) is 17.9 Å². The number of hydrogen-bond donors (Lipinski definition) is 3. The van der Waals surface area contributed by atoms with E-state index in [-0.39, 0.29) is 10.8 Å². The number of hydrogen-bond acceptors (Lipinski definition) is 7. The molecular weight excluding hydrogens is 426 g/mol. The average Bonchev–Trinajstić information content (AvgIpc) is 3.07. The van der Waals surface area contributed by atoms with E-state index in [1.54, 1.807) is 18.2 Å².